The van der Waals surface area contributed by atoms with Crippen molar-refractivity contribution in [3.63, 3.8) is 0 Å². The number of piperidine rings is 1. The summed E-state index contributed by atoms with van der Waals surface area (Å²) in [4.78, 5) is 24.2. The Morgan fingerprint density at radius 3 is 2.38 bits per heavy atom. The van der Waals surface area contributed by atoms with Crippen molar-refractivity contribution in [2.75, 3.05) is 19.9 Å². The van der Waals surface area contributed by atoms with Gasteiger partial charge in [-0.3, -0.25) is 9.55 Å². The van der Waals surface area contributed by atoms with Crippen LogP contribution in [0.3, 0.4) is 0 Å². The standard InChI is InChI=1S/C32H32N4O4/c1-23-9-8-14-27(34-23)28-20-33-30(36(28)31-29(39-22-40-31)19-24-10-4-2-5-11-24)26-15-17-35(18-16-26)32(37)38-21-25-12-6-3-7-13-25/h2-14,20,26H,15-19,21-22H2,1H3. The van der Waals surface area contributed by atoms with Gasteiger partial charge in [0.05, 0.1) is 17.6 Å². The number of pyridine rings is 1. The van der Waals surface area contributed by atoms with Crippen LogP contribution in [0.1, 0.15) is 41.4 Å². The lowest BCUT2D eigenvalue weighted by molar-refractivity contribution is 0.0810. The third kappa shape index (κ3) is 5.57. The van der Waals surface area contributed by atoms with Gasteiger partial charge in [-0.2, -0.15) is 0 Å². The normalized spacial score (nSPS) is 15.6. The van der Waals surface area contributed by atoms with Crippen molar-refractivity contribution >= 4 is 12.0 Å². The number of ether oxygens (including phenoxy) is 3. The number of rotatable bonds is 7. The highest BCUT2D eigenvalue weighted by Gasteiger charge is 2.32. The molecular formula is C32H32N4O4. The van der Waals surface area contributed by atoms with E-state index in [0.717, 1.165) is 52.6 Å². The van der Waals surface area contributed by atoms with Crippen molar-refractivity contribution in [2.24, 2.45) is 0 Å². The quantitative estimate of drug-likeness (QED) is 0.282. The predicted octanol–water partition coefficient (Wildman–Crippen LogP) is 6.14. The second-order valence-electron chi connectivity index (χ2n) is 10.1. The van der Waals surface area contributed by atoms with E-state index < -0.39 is 0 Å². The van der Waals surface area contributed by atoms with Crippen LogP contribution in [0.4, 0.5) is 4.79 Å². The van der Waals surface area contributed by atoms with Gasteiger partial charge in [0.15, 0.2) is 5.76 Å². The third-order valence-electron chi connectivity index (χ3n) is 7.34. The molecule has 0 saturated carbocycles. The molecular weight excluding hydrogens is 504 g/mol. The Balaban J connectivity index is 1.25. The fourth-order valence-electron chi connectivity index (χ4n) is 5.26. The lowest BCUT2D eigenvalue weighted by Crippen LogP contribution is -2.38. The van der Waals surface area contributed by atoms with Gasteiger partial charge in [-0.25, -0.2) is 9.78 Å². The number of carbonyl (C=O) groups excluding carboxylic acids is 1. The minimum atomic E-state index is -0.282. The summed E-state index contributed by atoms with van der Waals surface area (Å²) in [5.74, 6) is 2.44. The summed E-state index contributed by atoms with van der Waals surface area (Å²) in [6, 6.07) is 25.9. The smallest absolute Gasteiger partial charge is 0.410 e. The number of amides is 1. The second-order valence-corrected chi connectivity index (χ2v) is 10.1. The zero-order chi connectivity index (χ0) is 27.3. The van der Waals surface area contributed by atoms with E-state index in [-0.39, 0.29) is 25.4 Å². The van der Waals surface area contributed by atoms with Gasteiger partial charge in [0, 0.05) is 31.1 Å². The molecule has 0 N–H and O–H groups in total. The Kier molecular flexibility index (Phi) is 7.48. The SMILES string of the molecule is Cc1cccc(-c2cnc(C3CCN(C(=O)OCc4ccccc4)CC3)n2C2=C(Cc3ccccc3)OCO2)n1. The maximum absolute atomic E-state index is 12.8. The van der Waals surface area contributed by atoms with Gasteiger partial charge in [-0.1, -0.05) is 66.7 Å². The van der Waals surface area contributed by atoms with Crippen molar-refractivity contribution in [2.45, 2.75) is 38.7 Å². The van der Waals surface area contributed by atoms with Gasteiger partial charge in [-0.15, -0.1) is 0 Å². The van der Waals surface area contributed by atoms with E-state index in [2.05, 4.69) is 16.7 Å². The van der Waals surface area contributed by atoms with E-state index in [1.807, 2.05) is 79.9 Å². The van der Waals surface area contributed by atoms with Crippen molar-refractivity contribution in [1.82, 2.24) is 19.4 Å². The Bertz CT molecular complexity index is 1490. The van der Waals surface area contributed by atoms with Crippen LogP contribution >= 0.6 is 0 Å². The van der Waals surface area contributed by atoms with Crippen molar-refractivity contribution in [1.29, 1.82) is 0 Å². The van der Waals surface area contributed by atoms with E-state index in [1.54, 1.807) is 4.90 Å². The van der Waals surface area contributed by atoms with E-state index in [4.69, 9.17) is 24.2 Å². The monoisotopic (exact) mass is 536 g/mol. The van der Waals surface area contributed by atoms with E-state index >= 15 is 0 Å². The first-order valence-electron chi connectivity index (χ1n) is 13.7. The summed E-state index contributed by atoms with van der Waals surface area (Å²) in [5, 5.41) is 0. The number of carbonyl (C=O) groups is 1. The van der Waals surface area contributed by atoms with Crippen LogP contribution in [-0.2, 0) is 27.2 Å². The van der Waals surface area contributed by atoms with E-state index in [9.17, 15) is 4.79 Å². The average molecular weight is 537 g/mol. The summed E-state index contributed by atoms with van der Waals surface area (Å²) in [7, 11) is 0. The number of benzene rings is 2. The minimum Gasteiger partial charge on any atom is -0.456 e. The van der Waals surface area contributed by atoms with Crippen molar-refractivity contribution < 1.29 is 19.0 Å². The van der Waals surface area contributed by atoms with E-state index in [0.29, 0.717) is 25.4 Å². The average Bonchev–Trinajstić information content (AvgIpc) is 3.64. The number of hydrogen-bond acceptors (Lipinski definition) is 6. The molecule has 2 aromatic carbocycles. The van der Waals surface area contributed by atoms with Crippen LogP contribution in [-0.4, -0.2) is 45.4 Å². The molecule has 0 radical (unpaired) electrons. The largest absolute Gasteiger partial charge is 0.456 e. The Labute approximate surface area is 233 Å². The van der Waals surface area contributed by atoms with Gasteiger partial charge in [0.25, 0.3) is 0 Å². The Morgan fingerprint density at radius 2 is 1.65 bits per heavy atom. The van der Waals surface area contributed by atoms with Crippen LogP contribution in [0.15, 0.2) is 90.8 Å². The molecule has 1 saturated heterocycles. The topological polar surface area (TPSA) is 78.7 Å². The van der Waals surface area contributed by atoms with Crippen LogP contribution in [0.5, 0.6) is 0 Å². The summed E-state index contributed by atoms with van der Waals surface area (Å²) in [5.41, 5.74) is 4.72. The van der Waals surface area contributed by atoms with Gasteiger partial charge in [0.1, 0.15) is 12.4 Å². The molecule has 8 heteroatoms. The first-order valence-corrected chi connectivity index (χ1v) is 13.7. The summed E-state index contributed by atoms with van der Waals surface area (Å²) < 4.78 is 19.7. The number of hydrogen-bond donors (Lipinski definition) is 0. The molecule has 0 atom stereocenters. The molecule has 204 valence electrons. The van der Waals surface area contributed by atoms with Crippen LogP contribution < -0.4 is 0 Å². The van der Waals surface area contributed by atoms with Crippen LogP contribution in [0.25, 0.3) is 17.3 Å². The Hall–Kier alpha value is -4.59. The maximum atomic E-state index is 12.8. The molecule has 2 aromatic heterocycles. The maximum Gasteiger partial charge on any atom is 0.410 e. The molecule has 0 aliphatic carbocycles. The molecule has 40 heavy (non-hydrogen) atoms. The lowest BCUT2D eigenvalue weighted by Gasteiger charge is -2.31. The molecule has 2 aliphatic rings. The van der Waals surface area contributed by atoms with E-state index in [1.165, 1.54) is 0 Å². The molecule has 6 rings (SSSR count). The lowest BCUT2D eigenvalue weighted by atomic mass is 9.96. The number of likely N-dealkylation sites (tertiary alicyclic amines) is 1. The highest BCUT2D eigenvalue weighted by Crippen LogP contribution is 2.36. The zero-order valence-electron chi connectivity index (χ0n) is 22.5. The van der Waals surface area contributed by atoms with Gasteiger partial charge in [0.2, 0.25) is 12.7 Å². The molecule has 4 heterocycles. The predicted molar refractivity (Wildman–Crippen MR) is 151 cm³/mol. The number of aromatic nitrogens is 3. The van der Waals surface area contributed by atoms with Gasteiger partial charge >= 0.3 is 6.09 Å². The zero-order valence-corrected chi connectivity index (χ0v) is 22.5. The number of imidazole rings is 1. The number of nitrogens with zero attached hydrogens (tertiary/aromatic N) is 4. The number of aryl methyl sites for hydroxylation is 1. The summed E-state index contributed by atoms with van der Waals surface area (Å²) in [6.07, 6.45) is 3.73. The van der Waals surface area contributed by atoms with Crippen molar-refractivity contribution in [3.8, 4) is 11.4 Å². The highest BCUT2D eigenvalue weighted by molar-refractivity contribution is 5.68. The second kappa shape index (κ2) is 11.7. The molecule has 0 unspecified atom stereocenters. The van der Waals surface area contributed by atoms with Crippen LogP contribution in [0, 0.1) is 6.92 Å². The molecule has 1 fully saturated rings. The molecule has 1 amide bonds. The van der Waals surface area contributed by atoms with Gasteiger partial charge < -0.3 is 19.1 Å². The van der Waals surface area contributed by atoms with Crippen LogP contribution in [0.2, 0.25) is 0 Å². The fourth-order valence-corrected chi connectivity index (χ4v) is 5.26. The third-order valence-corrected chi connectivity index (χ3v) is 7.34. The minimum absolute atomic E-state index is 0.131. The molecule has 8 nitrogen and oxygen atoms in total. The fraction of sp³-hybridized carbons (Fsp3) is 0.281. The molecule has 0 spiro atoms. The molecule has 4 aromatic rings. The molecule has 0 bridgehead atoms. The summed E-state index contributed by atoms with van der Waals surface area (Å²) in [6.45, 7) is 3.59. The Morgan fingerprint density at radius 1 is 0.925 bits per heavy atom. The number of allylic oxidation sites excluding steroid dienone is 1. The first kappa shape index (κ1) is 25.7. The summed E-state index contributed by atoms with van der Waals surface area (Å²) >= 11 is 0. The first-order chi connectivity index (χ1) is 19.7. The highest BCUT2D eigenvalue weighted by atomic mass is 16.7. The van der Waals surface area contributed by atoms with Gasteiger partial charge in [-0.05, 0) is 43.0 Å². The van der Waals surface area contributed by atoms with Crippen molar-refractivity contribution in [3.05, 3.63) is 113 Å². The molecule has 2 aliphatic heterocycles.